The van der Waals surface area contributed by atoms with E-state index in [1.165, 1.54) is 12.1 Å². The SMILES string of the molecule is CC(C)[C@@H](N)[C@H](Cl)c1ccc(F)cc1. The number of rotatable bonds is 3. The molecule has 78 valence electrons. The van der Waals surface area contributed by atoms with Crippen molar-refractivity contribution in [3.05, 3.63) is 35.6 Å². The fourth-order valence-electron chi connectivity index (χ4n) is 1.21. The van der Waals surface area contributed by atoms with Crippen LogP contribution in [-0.4, -0.2) is 6.04 Å². The van der Waals surface area contributed by atoms with Gasteiger partial charge in [-0.2, -0.15) is 0 Å². The quantitative estimate of drug-likeness (QED) is 0.771. The third kappa shape index (κ3) is 2.69. The van der Waals surface area contributed by atoms with Crippen LogP contribution in [0.25, 0.3) is 0 Å². The average Bonchev–Trinajstić information content (AvgIpc) is 2.16. The summed E-state index contributed by atoms with van der Waals surface area (Å²) in [5, 5.41) is -0.254. The van der Waals surface area contributed by atoms with Gasteiger partial charge in [-0.25, -0.2) is 4.39 Å². The van der Waals surface area contributed by atoms with Gasteiger partial charge in [0.15, 0.2) is 0 Å². The Hall–Kier alpha value is -0.600. The van der Waals surface area contributed by atoms with Crippen molar-refractivity contribution in [3.63, 3.8) is 0 Å². The molecule has 1 nitrogen and oxygen atoms in total. The van der Waals surface area contributed by atoms with Gasteiger partial charge in [0.05, 0.1) is 5.38 Å². The maximum atomic E-state index is 12.6. The fraction of sp³-hybridized carbons (Fsp3) is 0.455. The number of hydrogen-bond donors (Lipinski definition) is 1. The minimum absolute atomic E-state index is 0.109. The lowest BCUT2D eigenvalue weighted by molar-refractivity contribution is 0.479. The molecule has 1 rings (SSSR count). The molecule has 2 N–H and O–H groups in total. The van der Waals surface area contributed by atoms with Crippen LogP contribution in [0.5, 0.6) is 0 Å². The largest absolute Gasteiger partial charge is 0.326 e. The van der Waals surface area contributed by atoms with E-state index >= 15 is 0 Å². The molecule has 0 fully saturated rings. The molecular weight excluding hydrogens is 201 g/mol. The first kappa shape index (κ1) is 11.5. The molecule has 0 unspecified atom stereocenters. The van der Waals surface area contributed by atoms with Crippen molar-refractivity contribution < 1.29 is 4.39 Å². The summed E-state index contributed by atoms with van der Waals surface area (Å²) in [4.78, 5) is 0. The Morgan fingerprint density at radius 3 is 2.14 bits per heavy atom. The molecule has 0 amide bonds. The summed E-state index contributed by atoms with van der Waals surface area (Å²) < 4.78 is 12.6. The summed E-state index contributed by atoms with van der Waals surface area (Å²) in [6, 6.07) is 6.04. The molecule has 0 aromatic heterocycles. The molecule has 3 heteroatoms. The summed E-state index contributed by atoms with van der Waals surface area (Å²) in [7, 11) is 0. The van der Waals surface area contributed by atoms with E-state index in [2.05, 4.69) is 0 Å². The molecule has 0 aliphatic heterocycles. The molecule has 1 aromatic rings. The number of halogens is 2. The van der Waals surface area contributed by atoms with Crippen molar-refractivity contribution in [1.29, 1.82) is 0 Å². The summed E-state index contributed by atoms with van der Waals surface area (Å²) in [5.41, 5.74) is 6.77. The van der Waals surface area contributed by atoms with Gasteiger partial charge in [-0.15, -0.1) is 11.6 Å². The highest BCUT2D eigenvalue weighted by molar-refractivity contribution is 6.21. The van der Waals surface area contributed by atoms with Gasteiger partial charge in [-0.05, 0) is 23.6 Å². The van der Waals surface area contributed by atoms with Crippen molar-refractivity contribution in [2.24, 2.45) is 11.7 Å². The number of hydrogen-bond acceptors (Lipinski definition) is 1. The van der Waals surface area contributed by atoms with Gasteiger partial charge in [-0.1, -0.05) is 26.0 Å². The smallest absolute Gasteiger partial charge is 0.123 e. The van der Waals surface area contributed by atoms with Gasteiger partial charge in [0.2, 0.25) is 0 Å². The van der Waals surface area contributed by atoms with Crippen LogP contribution in [-0.2, 0) is 0 Å². The second kappa shape index (κ2) is 4.76. The molecular formula is C11H15ClFN. The topological polar surface area (TPSA) is 26.0 Å². The third-order valence-corrected chi connectivity index (χ3v) is 2.84. The van der Waals surface area contributed by atoms with E-state index in [4.69, 9.17) is 17.3 Å². The minimum atomic E-state index is -0.254. The summed E-state index contributed by atoms with van der Waals surface area (Å²) in [6.45, 7) is 4.03. The van der Waals surface area contributed by atoms with E-state index in [0.29, 0.717) is 5.92 Å². The van der Waals surface area contributed by atoms with E-state index < -0.39 is 0 Å². The highest BCUT2D eigenvalue weighted by Gasteiger charge is 2.19. The maximum absolute atomic E-state index is 12.6. The van der Waals surface area contributed by atoms with Gasteiger partial charge >= 0.3 is 0 Å². The molecule has 0 bridgehead atoms. The van der Waals surface area contributed by atoms with Gasteiger partial charge in [0.25, 0.3) is 0 Å². The second-order valence-corrected chi connectivity index (χ2v) is 4.24. The Balaban J connectivity index is 2.78. The predicted octanol–water partition coefficient (Wildman–Crippen LogP) is 3.09. The Labute approximate surface area is 89.1 Å². The van der Waals surface area contributed by atoms with Crippen molar-refractivity contribution >= 4 is 11.6 Å². The molecule has 2 atom stereocenters. The van der Waals surface area contributed by atoms with Gasteiger partial charge < -0.3 is 5.73 Å². The molecule has 0 aliphatic carbocycles. The Bertz CT molecular complexity index is 284. The standard InChI is InChI=1S/C11H15ClFN/c1-7(2)11(14)10(12)8-3-5-9(13)6-4-8/h3-7,10-11H,14H2,1-2H3/t10-,11-/m1/s1. The first-order valence-electron chi connectivity index (χ1n) is 4.67. The molecule has 0 aliphatic rings. The second-order valence-electron chi connectivity index (χ2n) is 3.77. The molecule has 0 radical (unpaired) electrons. The normalized spacial score (nSPS) is 15.6. The predicted molar refractivity (Wildman–Crippen MR) is 57.8 cm³/mol. The zero-order valence-corrected chi connectivity index (χ0v) is 9.13. The van der Waals surface area contributed by atoms with Crippen LogP contribution in [0.2, 0.25) is 0 Å². The summed E-state index contributed by atoms with van der Waals surface area (Å²) in [6.07, 6.45) is 0. The van der Waals surface area contributed by atoms with Crippen molar-refractivity contribution in [2.75, 3.05) is 0 Å². The zero-order chi connectivity index (χ0) is 10.7. The Morgan fingerprint density at radius 1 is 1.21 bits per heavy atom. The fourth-order valence-corrected chi connectivity index (χ4v) is 1.64. The van der Waals surface area contributed by atoms with Crippen LogP contribution in [0.1, 0.15) is 24.8 Å². The van der Waals surface area contributed by atoms with E-state index in [1.54, 1.807) is 12.1 Å². The van der Waals surface area contributed by atoms with Crippen LogP contribution in [0.15, 0.2) is 24.3 Å². The molecule has 0 saturated heterocycles. The molecule has 14 heavy (non-hydrogen) atoms. The number of nitrogens with two attached hydrogens (primary N) is 1. The Kier molecular flexibility index (Phi) is 3.90. The van der Waals surface area contributed by atoms with Crippen molar-refractivity contribution in [2.45, 2.75) is 25.3 Å². The number of benzene rings is 1. The molecule has 0 saturated carbocycles. The highest BCUT2D eigenvalue weighted by Crippen LogP contribution is 2.26. The Morgan fingerprint density at radius 2 is 1.71 bits per heavy atom. The van der Waals surface area contributed by atoms with Gasteiger partial charge in [-0.3, -0.25) is 0 Å². The minimum Gasteiger partial charge on any atom is -0.326 e. The van der Waals surface area contributed by atoms with Gasteiger partial charge in [0.1, 0.15) is 5.82 Å². The molecule has 0 spiro atoms. The first-order valence-corrected chi connectivity index (χ1v) is 5.11. The molecule has 0 heterocycles. The maximum Gasteiger partial charge on any atom is 0.123 e. The van der Waals surface area contributed by atoms with Crippen molar-refractivity contribution in [1.82, 2.24) is 0 Å². The van der Waals surface area contributed by atoms with E-state index in [9.17, 15) is 4.39 Å². The number of alkyl halides is 1. The highest BCUT2D eigenvalue weighted by atomic mass is 35.5. The zero-order valence-electron chi connectivity index (χ0n) is 8.37. The monoisotopic (exact) mass is 215 g/mol. The van der Waals surface area contributed by atoms with Crippen LogP contribution in [0.4, 0.5) is 4.39 Å². The van der Waals surface area contributed by atoms with Crippen LogP contribution in [0.3, 0.4) is 0 Å². The lowest BCUT2D eigenvalue weighted by Gasteiger charge is -2.21. The van der Waals surface area contributed by atoms with Crippen LogP contribution >= 0.6 is 11.6 Å². The lowest BCUT2D eigenvalue weighted by atomic mass is 9.97. The van der Waals surface area contributed by atoms with Crippen LogP contribution in [0, 0.1) is 11.7 Å². The molecule has 1 aromatic carbocycles. The van der Waals surface area contributed by atoms with E-state index in [0.717, 1.165) is 5.56 Å². The van der Waals surface area contributed by atoms with E-state index in [1.807, 2.05) is 13.8 Å². The average molecular weight is 216 g/mol. The lowest BCUT2D eigenvalue weighted by Crippen LogP contribution is -2.30. The van der Waals surface area contributed by atoms with E-state index in [-0.39, 0.29) is 17.2 Å². The first-order chi connectivity index (χ1) is 6.52. The third-order valence-electron chi connectivity index (χ3n) is 2.30. The van der Waals surface area contributed by atoms with Crippen LogP contribution < -0.4 is 5.73 Å². The van der Waals surface area contributed by atoms with Gasteiger partial charge in [0, 0.05) is 6.04 Å². The summed E-state index contributed by atoms with van der Waals surface area (Å²) >= 11 is 6.16. The summed E-state index contributed by atoms with van der Waals surface area (Å²) in [5.74, 6) is 0.0540. The van der Waals surface area contributed by atoms with Crippen molar-refractivity contribution in [3.8, 4) is 0 Å².